The maximum atomic E-state index is 12.3. The summed E-state index contributed by atoms with van der Waals surface area (Å²) < 4.78 is 0. The number of nitrogens with two attached hydrogens (primary N) is 1. The summed E-state index contributed by atoms with van der Waals surface area (Å²) in [4.78, 5) is 14.2. The van der Waals surface area contributed by atoms with Crippen LogP contribution in [0, 0.1) is 12.8 Å². The van der Waals surface area contributed by atoms with Crippen LogP contribution in [-0.2, 0) is 0 Å². The number of para-hydroxylation sites is 1. The molecule has 0 aromatic heterocycles. The van der Waals surface area contributed by atoms with E-state index >= 15 is 0 Å². The minimum atomic E-state index is 0.0330. The highest BCUT2D eigenvalue weighted by molar-refractivity contribution is 5.99. The van der Waals surface area contributed by atoms with Gasteiger partial charge < -0.3 is 10.6 Å². The molecular formula is C14H20N2O. The largest absolute Gasteiger partial charge is 0.398 e. The van der Waals surface area contributed by atoms with Crippen molar-refractivity contribution in [2.24, 2.45) is 5.92 Å². The lowest BCUT2D eigenvalue weighted by Crippen LogP contribution is -2.36. The van der Waals surface area contributed by atoms with Gasteiger partial charge in [-0.2, -0.15) is 0 Å². The van der Waals surface area contributed by atoms with Gasteiger partial charge in [-0.3, -0.25) is 4.79 Å². The summed E-state index contributed by atoms with van der Waals surface area (Å²) in [5, 5.41) is 0. The second-order valence-corrected chi connectivity index (χ2v) is 5.03. The smallest absolute Gasteiger partial charge is 0.255 e. The maximum absolute atomic E-state index is 12.3. The van der Waals surface area contributed by atoms with E-state index in [9.17, 15) is 4.79 Å². The molecule has 1 fully saturated rings. The molecule has 1 saturated carbocycles. The zero-order valence-electron chi connectivity index (χ0n) is 10.7. The molecule has 1 amide bonds. The molecule has 17 heavy (non-hydrogen) atoms. The minimum Gasteiger partial charge on any atom is -0.398 e. The van der Waals surface area contributed by atoms with E-state index < -0.39 is 0 Å². The standard InChI is InChI=1S/C14H20N2O/c1-9-5-4-6-12(13(9)15)14(17)16(3)10(2)11-7-8-11/h4-6,10-11H,7-8,15H2,1-3H3. The number of benzene rings is 1. The van der Waals surface area contributed by atoms with E-state index in [1.54, 1.807) is 6.07 Å². The van der Waals surface area contributed by atoms with Crippen molar-refractivity contribution in [1.82, 2.24) is 4.90 Å². The Morgan fingerprint density at radius 3 is 2.71 bits per heavy atom. The Morgan fingerprint density at radius 2 is 2.12 bits per heavy atom. The molecule has 1 unspecified atom stereocenters. The molecule has 1 atom stereocenters. The fourth-order valence-corrected chi connectivity index (χ4v) is 2.14. The number of hydrogen-bond donors (Lipinski definition) is 1. The minimum absolute atomic E-state index is 0.0330. The van der Waals surface area contributed by atoms with Gasteiger partial charge in [0.25, 0.3) is 5.91 Å². The van der Waals surface area contributed by atoms with Crippen molar-refractivity contribution in [3.63, 3.8) is 0 Å². The molecule has 0 bridgehead atoms. The van der Waals surface area contributed by atoms with Crippen molar-refractivity contribution in [2.45, 2.75) is 32.7 Å². The highest BCUT2D eigenvalue weighted by Crippen LogP contribution is 2.35. The van der Waals surface area contributed by atoms with Crippen LogP contribution in [0.5, 0.6) is 0 Å². The maximum Gasteiger partial charge on any atom is 0.255 e. The second kappa shape index (κ2) is 4.40. The first-order valence-corrected chi connectivity index (χ1v) is 6.14. The van der Waals surface area contributed by atoms with E-state index in [2.05, 4.69) is 6.92 Å². The van der Waals surface area contributed by atoms with Gasteiger partial charge in [-0.15, -0.1) is 0 Å². The van der Waals surface area contributed by atoms with Crippen molar-refractivity contribution in [1.29, 1.82) is 0 Å². The van der Waals surface area contributed by atoms with Gasteiger partial charge in [-0.25, -0.2) is 0 Å². The summed E-state index contributed by atoms with van der Waals surface area (Å²) in [5.74, 6) is 0.709. The van der Waals surface area contributed by atoms with Crippen molar-refractivity contribution in [2.75, 3.05) is 12.8 Å². The molecule has 92 valence electrons. The first-order chi connectivity index (χ1) is 8.02. The Bertz CT molecular complexity index is 438. The predicted molar refractivity (Wildman–Crippen MR) is 69.9 cm³/mol. The molecule has 3 nitrogen and oxygen atoms in total. The Morgan fingerprint density at radius 1 is 1.47 bits per heavy atom. The zero-order chi connectivity index (χ0) is 12.6. The molecule has 1 aromatic rings. The molecular weight excluding hydrogens is 212 g/mol. The first kappa shape index (κ1) is 12.0. The van der Waals surface area contributed by atoms with Crippen LogP contribution in [0.25, 0.3) is 0 Å². The summed E-state index contributed by atoms with van der Waals surface area (Å²) in [5.41, 5.74) is 8.16. The Balaban J connectivity index is 2.21. The summed E-state index contributed by atoms with van der Waals surface area (Å²) in [7, 11) is 1.87. The monoisotopic (exact) mass is 232 g/mol. The molecule has 0 heterocycles. The molecule has 0 radical (unpaired) electrons. The van der Waals surface area contributed by atoms with Crippen LogP contribution in [0.2, 0.25) is 0 Å². The number of nitrogens with zero attached hydrogens (tertiary/aromatic N) is 1. The SMILES string of the molecule is Cc1cccc(C(=O)N(C)C(C)C2CC2)c1N. The van der Waals surface area contributed by atoms with Crippen LogP contribution in [0.15, 0.2) is 18.2 Å². The first-order valence-electron chi connectivity index (χ1n) is 6.14. The van der Waals surface area contributed by atoms with Gasteiger partial charge in [0.05, 0.1) is 5.56 Å². The lowest BCUT2D eigenvalue weighted by Gasteiger charge is -2.25. The van der Waals surface area contributed by atoms with Gasteiger partial charge in [-0.05, 0) is 44.2 Å². The van der Waals surface area contributed by atoms with Crippen LogP contribution < -0.4 is 5.73 Å². The number of nitrogen functional groups attached to an aromatic ring is 1. The number of hydrogen-bond acceptors (Lipinski definition) is 2. The zero-order valence-corrected chi connectivity index (χ0v) is 10.7. The van der Waals surface area contributed by atoms with Crippen molar-refractivity contribution in [3.05, 3.63) is 29.3 Å². The summed E-state index contributed by atoms with van der Waals surface area (Å²) in [6.45, 7) is 4.04. The topological polar surface area (TPSA) is 46.3 Å². The highest BCUT2D eigenvalue weighted by Gasteiger charge is 2.33. The van der Waals surface area contributed by atoms with Gasteiger partial charge in [0.1, 0.15) is 0 Å². The number of aryl methyl sites for hydroxylation is 1. The molecule has 1 aromatic carbocycles. The predicted octanol–water partition coefficient (Wildman–Crippen LogP) is 2.45. The fraction of sp³-hybridized carbons (Fsp3) is 0.500. The van der Waals surface area contributed by atoms with Gasteiger partial charge in [0, 0.05) is 18.8 Å². The molecule has 3 heteroatoms. The molecule has 0 aliphatic heterocycles. The summed E-state index contributed by atoms with van der Waals surface area (Å²) in [6, 6.07) is 5.92. The lowest BCUT2D eigenvalue weighted by molar-refractivity contribution is 0.0728. The van der Waals surface area contributed by atoms with E-state index in [0.29, 0.717) is 23.2 Å². The number of anilines is 1. The van der Waals surface area contributed by atoms with Crippen LogP contribution >= 0.6 is 0 Å². The van der Waals surface area contributed by atoms with Gasteiger partial charge in [0.2, 0.25) is 0 Å². The number of carbonyl (C=O) groups excluding carboxylic acids is 1. The third-order valence-corrected chi connectivity index (χ3v) is 3.79. The van der Waals surface area contributed by atoms with Gasteiger partial charge >= 0.3 is 0 Å². The molecule has 1 aliphatic carbocycles. The molecule has 0 saturated heterocycles. The molecule has 2 N–H and O–H groups in total. The Labute approximate surface area is 103 Å². The van der Waals surface area contributed by atoms with Crippen molar-refractivity contribution < 1.29 is 4.79 Å². The van der Waals surface area contributed by atoms with Crippen LogP contribution in [0.4, 0.5) is 5.69 Å². The normalized spacial score (nSPS) is 16.6. The number of carbonyl (C=O) groups is 1. The van der Waals surface area contributed by atoms with E-state index in [4.69, 9.17) is 5.73 Å². The number of amides is 1. The number of rotatable bonds is 3. The van der Waals surface area contributed by atoms with Crippen LogP contribution in [0.1, 0.15) is 35.7 Å². The van der Waals surface area contributed by atoms with Crippen LogP contribution in [0.3, 0.4) is 0 Å². The lowest BCUT2D eigenvalue weighted by atomic mass is 10.1. The third-order valence-electron chi connectivity index (χ3n) is 3.79. The Hall–Kier alpha value is -1.51. The Kier molecular flexibility index (Phi) is 3.09. The van der Waals surface area contributed by atoms with Crippen molar-refractivity contribution >= 4 is 11.6 Å². The summed E-state index contributed by atoms with van der Waals surface area (Å²) >= 11 is 0. The average molecular weight is 232 g/mol. The summed E-state index contributed by atoms with van der Waals surface area (Å²) in [6.07, 6.45) is 2.48. The van der Waals surface area contributed by atoms with E-state index in [-0.39, 0.29) is 5.91 Å². The highest BCUT2D eigenvalue weighted by atomic mass is 16.2. The van der Waals surface area contributed by atoms with Gasteiger partial charge in [0.15, 0.2) is 0 Å². The fourth-order valence-electron chi connectivity index (χ4n) is 2.14. The molecule has 2 rings (SSSR count). The third kappa shape index (κ3) is 2.28. The molecule has 1 aliphatic rings. The van der Waals surface area contributed by atoms with Crippen molar-refractivity contribution in [3.8, 4) is 0 Å². The van der Waals surface area contributed by atoms with Crippen LogP contribution in [-0.4, -0.2) is 23.9 Å². The average Bonchev–Trinajstić information content (AvgIpc) is 3.14. The van der Waals surface area contributed by atoms with E-state index in [0.717, 1.165) is 5.56 Å². The quantitative estimate of drug-likeness (QED) is 0.814. The van der Waals surface area contributed by atoms with E-state index in [1.165, 1.54) is 12.8 Å². The van der Waals surface area contributed by atoms with E-state index in [1.807, 2.05) is 31.0 Å². The molecule has 0 spiro atoms. The second-order valence-electron chi connectivity index (χ2n) is 5.03. The van der Waals surface area contributed by atoms with Gasteiger partial charge in [-0.1, -0.05) is 12.1 Å².